The number of hydrogen-bond donors (Lipinski definition) is 0. The minimum absolute atomic E-state index is 0.0832. The van der Waals surface area contributed by atoms with Gasteiger partial charge in [-0.1, -0.05) is 18.2 Å². The molecule has 0 atom stereocenters. The molecule has 4 aromatic rings. The number of ketones is 1. The summed E-state index contributed by atoms with van der Waals surface area (Å²) in [7, 11) is 1.59. The number of hydrogen-bond acceptors (Lipinski definition) is 4. The van der Waals surface area contributed by atoms with Gasteiger partial charge < -0.3 is 4.74 Å². The van der Waals surface area contributed by atoms with Gasteiger partial charge in [0.2, 0.25) is 5.78 Å². The largest absolute Gasteiger partial charge is 0.497 e. The van der Waals surface area contributed by atoms with Gasteiger partial charge in [-0.2, -0.15) is 0 Å². The van der Waals surface area contributed by atoms with Crippen molar-refractivity contribution in [1.29, 1.82) is 0 Å². The van der Waals surface area contributed by atoms with Crippen molar-refractivity contribution < 1.29 is 9.53 Å². The van der Waals surface area contributed by atoms with E-state index in [9.17, 15) is 4.79 Å². The fourth-order valence-corrected chi connectivity index (χ4v) is 3.44. The Bertz CT molecular complexity index is 1170. The number of para-hydroxylation sites is 1. The Labute approximate surface area is 137 Å². The average Bonchev–Trinajstić information content (AvgIpc) is 2.65. The van der Waals surface area contributed by atoms with Crippen LogP contribution in [-0.4, -0.2) is 22.9 Å². The minimum atomic E-state index is -0.0832. The lowest BCUT2D eigenvalue weighted by molar-refractivity contribution is 0.103. The third-order valence-electron chi connectivity index (χ3n) is 4.56. The van der Waals surface area contributed by atoms with E-state index >= 15 is 0 Å². The summed E-state index contributed by atoms with van der Waals surface area (Å²) in [6.07, 6.45) is 1.79. The molecule has 1 aliphatic carbocycles. The summed E-state index contributed by atoms with van der Waals surface area (Å²) in [6, 6.07) is 15.3. The highest BCUT2D eigenvalue weighted by atomic mass is 16.5. The van der Waals surface area contributed by atoms with E-state index < -0.39 is 0 Å². The molecule has 2 aromatic heterocycles. The topological polar surface area (TPSA) is 52.1 Å². The predicted molar refractivity (Wildman–Crippen MR) is 92.5 cm³/mol. The normalized spacial score (nSPS) is 12.5. The number of pyridine rings is 2. The zero-order chi connectivity index (χ0) is 16.3. The van der Waals surface area contributed by atoms with E-state index in [0.29, 0.717) is 17.0 Å². The smallest absolute Gasteiger partial charge is 0.212 e. The number of carbonyl (C=O) groups is 1. The number of methoxy groups -OCH3 is 1. The summed E-state index contributed by atoms with van der Waals surface area (Å²) >= 11 is 0. The first kappa shape index (κ1) is 13.2. The van der Waals surface area contributed by atoms with Crippen molar-refractivity contribution >= 4 is 27.5 Å². The number of ether oxygens (including phenoxy) is 1. The Morgan fingerprint density at radius 2 is 1.79 bits per heavy atom. The molecule has 0 saturated carbocycles. The van der Waals surface area contributed by atoms with E-state index in [0.717, 1.165) is 32.9 Å². The minimum Gasteiger partial charge on any atom is -0.497 e. The molecule has 114 valence electrons. The van der Waals surface area contributed by atoms with E-state index in [4.69, 9.17) is 4.74 Å². The SMILES string of the molecule is COc1ccc2c(c1)C(=O)c1nc3ccccc3c3ccnc-2c13. The van der Waals surface area contributed by atoms with E-state index in [1.54, 1.807) is 19.4 Å². The summed E-state index contributed by atoms with van der Waals surface area (Å²) in [4.78, 5) is 22.2. The molecule has 0 spiro atoms. The molecule has 4 nitrogen and oxygen atoms in total. The van der Waals surface area contributed by atoms with E-state index in [2.05, 4.69) is 9.97 Å². The maximum absolute atomic E-state index is 13.1. The molecular weight excluding hydrogens is 300 g/mol. The first-order valence-electron chi connectivity index (χ1n) is 7.68. The lowest BCUT2D eigenvalue weighted by atomic mass is 9.87. The second-order valence-electron chi connectivity index (χ2n) is 5.80. The number of rotatable bonds is 1. The summed E-state index contributed by atoms with van der Waals surface area (Å²) in [5.41, 5.74) is 3.50. The van der Waals surface area contributed by atoms with Crippen molar-refractivity contribution in [3.8, 4) is 17.0 Å². The fraction of sp³-hybridized carbons (Fsp3) is 0.0500. The van der Waals surface area contributed by atoms with Gasteiger partial charge in [0.25, 0.3) is 0 Å². The fourth-order valence-electron chi connectivity index (χ4n) is 3.44. The quantitative estimate of drug-likeness (QED) is 0.439. The molecule has 0 amide bonds. The monoisotopic (exact) mass is 312 g/mol. The maximum atomic E-state index is 13.1. The molecule has 5 rings (SSSR count). The predicted octanol–water partition coefficient (Wildman–Crippen LogP) is 4.00. The number of nitrogens with zero attached hydrogens (tertiary/aromatic N) is 2. The molecule has 1 aliphatic rings. The highest BCUT2D eigenvalue weighted by Gasteiger charge is 2.28. The molecular formula is C20H12N2O2. The molecule has 0 saturated heterocycles. The molecule has 0 N–H and O–H groups in total. The lowest BCUT2D eigenvalue weighted by Crippen LogP contribution is -2.13. The Balaban J connectivity index is 1.99. The summed E-state index contributed by atoms with van der Waals surface area (Å²) in [5.74, 6) is 0.568. The average molecular weight is 312 g/mol. The van der Waals surface area contributed by atoms with E-state index in [1.165, 1.54) is 0 Å². The van der Waals surface area contributed by atoms with Crippen LogP contribution in [0.1, 0.15) is 16.1 Å². The highest BCUT2D eigenvalue weighted by Crippen LogP contribution is 2.40. The Kier molecular flexibility index (Phi) is 2.54. The number of aromatic nitrogens is 2. The molecule has 24 heavy (non-hydrogen) atoms. The van der Waals surface area contributed by atoms with Crippen LogP contribution in [0.3, 0.4) is 0 Å². The highest BCUT2D eigenvalue weighted by molar-refractivity contribution is 6.27. The second-order valence-corrected chi connectivity index (χ2v) is 5.80. The van der Waals surface area contributed by atoms with Gasteiger partial charge in [-0.3, -0.25) is 9.78 Å². The maximum Gasteiger partial charge on any atom is 0.212 e. The summed E-state index contributed by atoms with van der Waals surface area (Å²) < 4.78 is 5.27. The molecule has 0 bridgehead atoms. The van der Waals surface area contributed by atoms with Crippen LogP contribution in [0, 0.1) is 0 Å². The van der Waals surface area contributed by atoms with Gasteiger partial charge in [-0.15, -0.1) is 0 Å². The van der Waals surface area contributed by atoms with Gasteiger partial charge >= 0.3 is 0 Å². The van der Waals surface area contributed by atoms with Crippen molar-refractivity contribution in [2.75, 3.05) is 7.11 Å². The van der Waals surface area contributed by atoms with Crippen LogP contribution in [0.5, 0.6) is 5.75 Å². The third-order valence-corrected chi connectivity index (χ3v) is 4.56. The van der Waals surface area contributed by atoms with Crippen LogP contribution in [-0.2, 0) is 0 Å². The molecule has 2 heterocycles. The Hall–Kier alpha value is -3.27. The van der Waals surface area contributed by atoms with Gasteiger partial charge in [-0.25, -0.2) is 4.98 Å². The van der Waals surface area contributed by atoms with E-state index in [-0.39, 0.29) is 5.78 Å². The van der Waals surface area contributed by atoms with Crippen LogP contribution in [0.25, 0.3) is 32.9 Å². The van der Waals surface area contributed by atoms with Crippen molar-refractivity contribution in [3.05, 3.63) is 66.0 Å². The Morgan fingerprint density at radius 3 is 2.67 bits per heavy atom. The number of carbonyl (C=O) groups excluding carboxylic acids is 1. The third kappa shape index (κ3) is 1.60. The van der Waals surface area contributed by atoms with Gasteiger partial charge in [0.1, 0.15) is 11.4 Å². The van der Waals surface area contributed by atoms with Crippen LogP contribution in [0.4, 0.5) is 0 Å². The lowest BCUT2D eigenvalue weighted by Gasteiger charge is -2.19. The van der Waals surface area contributed by atoms with Crippen LogP contribution in [0.2, 0.25) is 0 Å². The van der Waals surface area contributed by atoms with Crippen molar-refractivity contribution in [3.63, 3.8) is 0 Å². The molecule has 2 aromatic carbocycles. The molecule has 0 fully saturated rings. The second kappa shape index (κ2) is 4.61. The first-order valence-corrected chi connectivity index (χ1v) is 7.68. The van der Waals surface area contributed by atoms with Gasteiger partial charge in [0.15, 0.2) is 0 Å². The van der Waals surface area contributed by atoms with Crippen LogP contribution >= 0.6 is 0 Å². The van der Waals surface area contributed by atoms with Crippen molar-refractivity contribution in [2.45, 2.75) is 0 Å². The van der Waals surface area contributed by atoms with Crippen molar-refractivity contribution in [1.82, 2.24) is 9.97 Å². The zero-order valence-corrected chi connectivity index (χ0v) is 12.9. The number of benzene rings is 2. The van der Waals surface area contributed by atoms with Crippen LogP contribution < -0.4 is 4.74 Å². The molecule has 4 heteroatoms. The summed E-state index contributed by atoms with van der Waals surface area (Å²) in [6.45, 7) is 0. The van der Waals surface area contributed by atoms with E-state index in [1.807, 2.05) is 42.5 Å². The number of fused-ring (bicyclic) bond motifs is 4. The standard InChI is InChI=1S/C20H12N2O2/c1-24-11-6-7-14-15(10-11)20(23)19-17-13(8-9-21-18(14)17)12-4-2-3-5-16(12)22-19/h2-10H,1H3. The van der Waals surface area contributed by atoms with Gasteiger partial charge in [0, 0.05) is 28.1 Å². The Morgan fingerprint density at radius 1 is 0.917 bits per heavy atom. The molecule has 0 aliphatic heterocycles. The zero-order valence-electron chi connectivity index (χ0n) is 12.9. The first-order chi connectivity index (χ1) is 11.8. The van der Waals surface area contributed by atoms with Gasteiger partial charge in [0.05, 0.1) is 18.3 Å². The molecule has 0 unspecified atom stereocenters. The van der Waals surface area contributed by atoms with Crippen LogP contribution in [0.15, 0.2) is 54.7 Å². The summed E-state index contributed by atoms with van der Waals surface area (Å²) in [5, 5.41) is 2.87. The van der Waals surface area contributed by atoms with Gasteiger partial charge in [-0.05, 0) is 35.7 Å². The van der Waals surface area contributed by atoms with Crippen molar-refractivity contribution in [2.24, 2.45) is 0 Å². The molecule has 0 radical (unpaired) electrons.